The molecule has 2 N–H and O–H groups in total. The summed E-state index contributed by atoms with van der Waals surface area (Å²) in [4.78, 5) is 0. The second-order valence-electron chi connectivity index (χ2n) is 2.77. The van der Waals surface area contributed by atoms with Crippen molar-refractivity contribution in [3.8, 4) is 5.69 Å². The summed E-state index contributed by atoms with van der Waals surface area (Å²) in [5.74, 6) is -1.46. The monoisotopic (exact) mass is 195 g/mol. The number of rotatable bonds is 1. The predicted molar refractivity (Wildman–Crippen MR) is 47.9 cm³/mol. The number of nitrogens with two attached hydrogens (primary N) is 1. The zero-order chi connectivity index (χ0) is 10.1. The lowest BCUT2D eigenvalue weighted by Crippen LogP contribution is -2.03. The van der Waals surface area contributed by atoms with Gasteiger partial charge in [0.05, 0.1) is 11.4 Å². The van der Waals surface area contributed by atoms with Gasteiger partial charge in [-0.05, 0) is 6.07 Å². The first-order valence-electron chi connectivity index (χ1n) is 3.93. The molecule has 0 spiro atoms. The van der Waals surface area contributed by atoms with Crippen LogP contribution >= 0.6 is 0 Å². The Labute approximate surface area is 78.8 Å². The second kappa shape index (κ2) is 3.10. The summed E-state index contributed by atoms with van der Waals surface area (Å²) in [6.07, 6.45) is 3.06. The van der Waals surface area contributed by atoms with Crippen molar-refractivity contribution >= 4 is 5.69 Å². The van der Waals surface area contributed by atoms with Gasteiger partial charge in [0.25, 0.3) is 0 Å². The van der Waals surface area contributed by atoms with Gasteiger partial charge in [0, 0.05) is 24.5 Å². The van der Waals surface area contributed by atoms with Crippen molar-refractivity contribution in [3.05, 3.63) is 42.2 Å². The van der Waals surface area contributed by atoms with Crippen LogP contribution in [0.3, 0.4) is 0 Å². The zero-order valence-corrected chi connectivity index (χ0v) is 7.11. The summed E-state index contributed by atoms with van der Waals surface area (Å²) in [7, 11) is 0. The lowest BCUT2D eigenvalue weighted by Gasteiger charge is -2.06. The Hall–Kier alpha value is -1.91. The van der Waals surface area contributed by atoms with Gasteiger partial charge in [0.2, 0.25) is 0 Å². The Bertz CT molecular complexity index is 451. The van der Waals surface area contributed by atoms with Crippen LogP contribution in [0.5, 0.6) is 0 Å². The van der Waals surface area contributed by atoms with Crippen LogP contribution in [0.15, 0.2) is 30.6 Å². The summed E-state index contributed by atoms with van der Waals surface area (Å²) in [6.45, 7) is 0. The van der Waals surface area contributed by atoms with Gasteiger partial charge >= 0.3 is 0 Å². The van der Waals surface area contributed by atoms with Crippen molar-refractivity contribution in [2.45, 2.75) is 0 Å². The van der Waals surface area contributed by atoms with Gasteiger partial charge in [-0.25, -0.2) is 13.5 Å². The van der Waals surface area contributed by atoms with Crippen molar-refractivity contribution in [3.63, 3.8) is 0 Å². The highest BCUT2D eigenvalue weighted by Gasteiger charge is 2.09. The molecule has 0 aliphatic carbocycles. The fraction of sp³-hybridized carbons (Fsp3) is 0. The van der Waals surface area contributed by atoms with Gasteiger partial charge in [-0.2, -0.15) is 5.10 Å². The molecule has 0 aliphatic rings. The molecular weight excluding hydrogens is 188 g/mol. The van der Waals surface area contributed by atoms with Crippen molar-refractivity contribution in [2.75, 3.05) is 5.73 Å². The van der Waals surface area contributed by atoms with E-state index < -0.39 is 11.6 Å². The smallest absolute Gasteiger partial charge is 0.151 e. The zero-order valence-electron chi connectivity index (χ0n) is 7.11. The van der Waals surface area contributed by atoms with E-state index >= 15 is 0 Å². The van der Waals surface area contributed by atoms with Crippen molar-refractivity contribution in [1.82, 2.24) is 9.78 Å². The molecule has 0 amide bonds. The highest BCUT2D eigenvalue weighted by Crippen LogP contribution is 2.21. The summed E-state index contributed by atoms with van der Waals surface area (Å²) in [5, 5.41) is 3.83. The van der Waals surface area contributed by atoms with Crippen LogP contribution in [0.4, 0.5) is 14.5 Å². The molecule has 3 nitrogen and oxygen atoms in total. The highest BCUT2D eigenvalue weighted by molar-refractivity contribution is 5.58. The summed E-state index contributed by atoms with van der Waals surface area (Å²) >= 11 is 0. The van der Waals surface area contributed by atoms with Crippen LogP contribution in [0.1, 0.15) is 0 Å². The molecular formula is C9H7F2N3. The number of nitrogen functional groups attached to an aromatic ring is 1. The maximum Gasteiger partial charge on any atom is 0.151 e. The van der Waals surface area contributed by atoms with Gasteiger partial charge in [0.15, 0.2) is 5.82 Å². The fourth-order valence-electron chi connectivity index (χ4n) is 1.17. The van der Waals surface area contributed by atoms with Gasteiger partial charge in [0.1, 0.15) is 5.82 Å². The molecule has 2 aromatic rings. The number of halogens is 2. The summed E-state index contributed by atoms with van der Waals surface area (Å²) in [6, 6.07) is 3.51. The van der Waals surface area contributed by atoms with E-state index in [0.717, 1.165) is 12.1 Å². The Morgan fingerprint density at radius 2 is 2.07 bits per heavy atom. The minimum absolute atomic E-state index is 0.116. The first kappa shape index (κ1) is 8.68. The molecule has 0 bridgehead atoms. The third-order valence-electron chi connectivity index (χ3n) is 1.82. The van der Waals surface area contributed by atoms with E-state index in [1.165, 1.54) is 10.9 Å². The molecule has 14 heavy (non-hydrogen) atoms. The second-order valence-corrected chi connectivity index (χ2v) is 2.77. The first-order valence-corrected chi connectivity index (χ1v) is 3.93. The standard InChI is InChI=1S/C9H7F2N3/c10-6-4-7(11)9(12)8(5-6)14-3-1-2-13-14/h1-5H,12H2. The summed E-state index contributed by atoms with van der Waals surface area (Å²) < 4.78 is 27.2. The summed E-state index contributed by atoms with van der Waals surface area (Å²) in [5.41, 5.74) is 5.53. The predicted octanol–water partition coefficient (Wildman–Crippen LogP) is 1.73. The normalized spacial score (nSPS) is 10.4. The van der Waals surface area contributed by atoms with Gasteiger partial charge in [-0.3, -0.25) is 0 Å². The Morgan fingerprint density at radius 3 is 2.71 bits per heavy atom. The molecule has 72 valence electrons. The van der Waals surface area contributed by atoms with Gasteiger partial charge < -0.3 is 5.73 Å². The quantitative estimate of drug-likeness (QED) is 0.704. The minimum Gasteiger partial charge on any atom is -0.395 e. The molecule has 0 aliphatic heterocycles. The Balaban J connectivity index is 2.64. The highest BCUT2D eigenvalue weighted by atomic mass is 19.1. The van der Waals surface area contributed by atoms with Crippen molar-refractivity contribution in [2.24, 2.45) is 0 Å². The van der Waals surface area contributed by atoms with E-state index in [1.807, 2.05) is 0 Å². The van der Waals surface area contributed by atoms with Crippen LogP contribution in [0.25, 0.3) is 5.69 Å². The molecule has 0 fully saturated rings. The maximum absolute atomic E-state index is 13.0. The third kappa shape index (κ3) is 1.32. The number of nitrogens with zero attached hydrogens (tertiary/aromatic N) is 2. The number of anilines is 1. The van der Waals surface area contributed by atoms with Crippen LogP contribution < -0.4 is 5.73 Å². The topological polar surface area (TPSA) is 43.8 Å². The van der Waals surface area contributed by atoms with E-state index in [0.29, 0.717) is 0 Å². The van der Waals surface area contributed by atoms with Crippen molar-refractivity contribution in [1.29, 1.82) is 0 Å². The van der Waals surface area contributed by atoms with Crippen molar-refractivity contribution < 1.29 is 8.78 Å². The lowest BCUT2D eigenvalue weighted by molar-refractivity contribution is 0.583. The molecule has 1 aromatic carbocycles. The Morgan fingerprint density at radius 1 is 1.29 bits per heavy atom. The average Bonchev–Trinajstić information content (AvgIpc) is 2.63. The van der Waals surface area contributed by atoms with E-state index in [2.05, 4.69) is 5.10 Å². The average molecular weight is 195 g/mol. The van der Waals surface area contributed by atoms with Crippen LogP contribution in [-0.4, -0.2) is 9.78 Å². The maximum atomic E-state index is 13.0. The molecule has 5 heteroatoms. The number of hydrogen-bond donors (Lipinski definition) is 1. The number of aromatic nitrogens is 2. The van der Waals surface area contributed by atoms with E-state index in [-0.39, 0.29) is 11.4 Å². The molecule has 1 aromatic heterocycles. The molecule has 0 atom stereocenters. The molecule has 0 saturated heterocycles. The molecule has 0 radical (unpaired) electrons. The number of benzene rings is 1. The molecule has 1 heterocycles. The largest absolute Gasteiger partial charge is 0.395 e. The van der Waals surface area contributed by atoms with E-state index in [9.17, 15) is 8.78 Å². The lowest BCUT2D eigenvalue weighted by atomic mass is 10.2. The number of hydrogen-bond acceptors (Lipinski definition) is 2. The third-order valence-corrected chi connectivity index (χ3v) is 1.82. The van der Waals surface area contributed by atoms with Crippen LogP contribution in [0, 0.1) is 11.6 Å². The SMILES string of the molecule is Nc1c(F)cc(F)cc1-n1cccn1. The van der Waals surface area contributed by atoms with Gasteiger partial charge in [-0.1, -0.05) is 0 Å². The van der Waals surface area contributed by atoms with Crippen LogP contribution in [0.2, 0.25) is 0 Å². The molecule has 0 saturated carbocycles. The van der Waals surface area contributed by atoms with E-state index in [4.69, 9.17) is 5.73 Å². The van der Waals surface area contributed by atoms with Gasteiger partial charge in [-0.15, -0.1) is 0 Å². The Kier molecular flexibility index (Phi) is 1.92. The van der Waals surface area contributed by atoms with Crippen LogP contribution in [-0.2, 0) is 0 Å². The van der Waals surface area contributed by atoms with E-state index in [1.54, 1.807) is 12.3 Å². The molecule has 2 rings (SSSR count). The molecule has 0 unspecified atom stereocenters. The fourth-order valence-corrected chi connectivity index (χ4v) is 1.17. The minimum atomic E-state index is -0.782. The first-order chi connectivity index (χ1) is 6.68.